The first-order valence-electron chi connectivity index (χ1n) is 10.2. The maximum Gasteiger partial charge on any atom is 0.277 e. The zero-order valence-electron chi connectivity index (χ0n) is 17.2. The molecule has 0 heterocycles. The highest BCUT2D eigenvalue weighted by atomic mass is 79.9. The van der Waals surface area contributed by atoms with Gasteiger partial charge in [-0.1, -0.05) is 97.1 Å². The van der Waals surface area contributed by atoms with Crippen LogP contribution >= 0.6 is 15.9 Å². The quantitative estimate of drug-likeness (QED) is 0.250. The standard InChI is InChI=1S/C27H21BrN2O2/c28-27-23-14-8-7-11-21(23)16-18-25(27)32-19-26(31)30-29-24(22-12-5-2-6-13-22)17-15-20-9-3-1-4-10-20/h1-18H,19H2,(H,30,31). The molecule has 1 N–H and O–H groups in total. The lowest BCUT2D eigenvalue weighted by Crippen LogP contribution is -2.25. The largest absolute Gasteiger partial charge is 0.483 e. The van der Waals surface area contributed by atoms with Crippen LogP contribution in [0.4, 0.5) is 0 Å². The van der Waals surface area contributed by atoms with Crippen LogP contribution in [0.3, 0.4) is 0 Å². The second-order valence-corrected chi connectivity index (χ2v) is 7.82. The molecule has 4 aromatic carbocycles. The highest BCUT2D eigenvalue weighted by Crippen LogP contribution is 2.32. The maximum absolute atomic E-state index is 12.4. The molecule has 0 unspecified atom stereocenters. The number of fused-ring (bicyclic) bond motifs is 1. The molecule has 32 heavy (non-hydrogen) atoms. The SMILES string of the molecule is O=C(COc1ccc2ccccc2c1Br)NN=C(C=Cc1ccccc1)c1ccccc1. The van der Waals surface area contributed by atoms with Gasteiger partial charge in [-0.2, -0.15) is 5.10 Å². The number of hydrazone groups is 1. The molecule has 4 aromatic rings. The Hall–Kier alpha value is -3.70. The number of allylic oxidation sites excluding steroid dienone is 1. The van der Waals surface area contributed by atoms with E-state index in [9.17, 15) is 4.79 Å². The Labute approximate surface area is 195 Å². The Morgan fingerprint density at radius 1 is 0.875 bits per heavy atom. The molecule has 0 aliphatic heterocycles. The normalized spacial score (nSPS) is 11.6. The van der Waals surface area contributed by atoms with E-state index >= 15 is 0 Å². The van der Waals surface area contributed by atoms with Crippen molar-refractivity contribution in [2.75, 3.05) is 6.61 Å². The lowest BCUT2D eigenvalue weighted by molar-refractivity contribution is -0.123. The fraction of sp³-hybridized carbons (Fsp3) is 0.0370. The number of carbonyl (C=O) groups excluding carboxylic acids is 1. The van der Waals surface area contributed by atoms with E-state index in [1.807, 2.05) is 109 Å². The highest BCUT2D eigenvalue weighted by Gasteiger charge is 2.09. The van der Waals surface area contributed by atoms with E-state index in [0.29, 0.717) is 11.5 Å². The van der Waals surface area contributed by atoms with Gasteiger partial charge in [0.05, 0.1) is 10.2 Å². The Bertz CT molecular complexity index is 1270. The van der Waals surface area contributed by atoms with E-state index in [2.05, 4.69) is 26.5 Å². The van der Waals surface area contributed by atoms with Gasteiger partial charge in [-0.15, -0.1) is 0 Å². The van der Waals surface area contributed by atoms with Gasteiger partial charge in [0.2, 0.25) is 0 Å². The van der Waals surface area contributed by atoms with E-state index in [4.69, 9.17) is 4.74 Å². The monoisotopic (exact) mass is 484 g/mol. The molecule has 0 aliphatic carbocycles. The van der Waals surface area contributed by atoms with Crippen LogP contribution in [-0.4, -0.2) is 18.2 Å². The first-order chi connectivity index (χ1) is 15.7. The Kier molecular flexibility index (Phi) is 7.10. The Morgan fingerprint density at radius 3 is 2.34 bits per heavy atom. The van der Waals surface area contributed by atoms with Gasteiger partial charge in [-0.3, -0.25) is 4.79 Å². The Balaban J connectivity index is 1.46. The molecule has 5 heteroatoms. The van der Waals surface area contributed by atoms with Crippen LogP contribution < -0.4 is 10.2 Å². The molecular weight excluding hydrogens is 464 g/mol. The van der Waals surface area contributed by atoms with E-state index in [0.717, 1.165) is 26.4 Å². The smallest absolute Gasteiger partial charge is 0.277 e. The van der Waals surface area contributed by atoms with Crippen molar-refractivity contribution < 1.29 is 9.53 Å². The molecule has 0 bridgehead atoms. The molecule has 0 saturated heterocycles. The average molecular weight is 485 g/mol. The van der Waals surface area contributed by atoms with Gasteiger partial charge < -0.3 is 4.74 Å². The minimum absolute atomic E-state index is 0.148. The first-order valence-corrected chi connectivity index (χ1v) is 10.9. The zero-order valence-corrected chi connectivity index (χ0v) is 18.8. The van der Waals surface area contributed by atoms with E-state index in [1.165, 1.54) is 0 Å². The van der Waals surface area contributed by atoms with Gasteiger partial charge in [0.1, 0.15) is 5.75 Å². The van der Waals surface area contributed by atoms with Crippen LogP contribution in [0.1, 0.15) is 11.1 Å². The third-order valence-corrected chi connectivity index (χ3v) is 5.61. The topological polar surface area (TPSA) is 50.7 Å². The van der Waals surface area contributed by atoms with Crippen molar-refractivity contribution >= 4 is 44.4 Å². The molecule has 0 atom stereocenters. The lowest BCUT2D eigenvalue weighted by atomic mass is 10.1. The van der Waals surface area contributed by atoms with Crippen molar-refractivity contribution in [1.82, 2.24) is 5.43 Å². The number of amides is 1. The number of hydrogen-bond acceptors (Lipinski definition) is 3. The van der Waals surface area contributed by atoms with Gasteiger partial charge in [-0.05, 0) is 44.4 Å². The molecule has 158 valence electrons. The van der Waals surface area contributed by atoms with Gasteiger partial charge >= 0.3 is 0 Å². The van der Waals surface area contributed by atoms with Crippen LogP contribution in [0.5, 0.6) is 5.75 Å². The molecule has 0 radical (unpaired) electrons. The van der Waals surface area contributed by atoms with Crippen molar-refractivity contribution in [3.8, 4) is 5.75 Å². The van der Waals surface area contributed by atoms with E-state index in [-0.39, 0.29) is 12.5 Å². The summed E-state index contributed by atoms with van der Waals surface area (Å²) in [6, 6.07) is 31.4. The zero-order chi connectivity index (χ0) is 22.2. The van der Waals surface area contributed by atoms with Crippen molar-refractivity contribution in [1.29, 1.82) is 0 Å². The van der Waals surface area contributed by atoms with Crippen LogP contribution in [0.25, 0.3) is 16.8 Å². The third-order valence-electron chi connectivity index (χ3n) is 4.79. The number of benzene rings is 4. The molecule has 0 saturated carbocycles. The summed E-state index contributed by atoms with van der Waals surface area (Å²) in [6.07, 6.45) is 3.84. The molecule has 0 fully saturated rings. The van der Waals surface area contributed by atoms with Crippen molar-refractivity contribution in [2.45, 2.75) is 0 Å². The number of carbonyl (C=O) groups is 1. The van der Waals surface area contributed by atoms with Crippen LogP contribution in [-0.2, 0) is 4.79 Å². The van der Waals surface area contributed by atoms with Crippen LogP contribution in [0.2, 0.25) is 0 Å². The summed E-state index contributed by atoms with van der Waals surface area (Å²) >= 11 is 3.57. The highest BCUT2D eigenvalue weighted by molar-refractivity contribution is 9.10. The molecule has 1 amide bonds. The number of nitrogens with zero attached hydrogens (tertiary/aromatic N) is 1. The van der Waals surface area contributed by atoms with Crippen molar-refractivity contribution in [2.24, 2.45) is 5.10 Å². The summed E-state index contributed by atoms with van der Waals surface area (Å²) in [4.78, 5) is 12.4. The maximum atomic E-state index is 12.4. The number of nitrogens with one attached hydrogen (secondary N) is 1. The lowest BCUT2D eigenvalue weighted by Gasteiger charge is -2.10. The van der Waals surface area contributed by atoms with Crippen LogP contribution in [0.15, 0.2) is 113 Å². The van der Waals surface area contributed by atoms with E-state index in [1.54, 1.807) is 0 Å². The van der Waals surface area contributed by atoms with Gasteiger partial charge in [0, 0.05) is 5.56 Å². The second-order valence-electron chi connectivity index (χ2n) is 7.03. The summed E-state index contributed by atoms with van der Waals surface area (Å²) in [5, 5.41) is 6.46. The molecular formula is C27H21BrN2O2. The second kappa shape index (κ2) is 10.6. The minimum Gasteiger partial charge on any atom is -0.483 e. The third kappa shape index (κ3) is 5.50. The van der Waals surface area contributed by atoms with E-state index < -0.39 is 0 Å². The summed E-state index contributed by atoms with van der Waals surface area (Å²) < 4.78 is 6.55. The fourth-order valence-corrected chi connectivity index (χ4v) is 3.78. The van der Waals surface area contributed by atoms with Crippen molar-refractivity contribution in [3.63, 3.8) is 0 Å². The molecule has 0 spiro atoms. The minimum atomic E-state index is -0.341. The number of rotatable bonds is 7. The first kappa shape index (κ1) is 21.5. The predicted molar refractivity (Wildman–Crippen MR) is 134 cm³/mol. The number of halogens is 1. The van der Waals surface area contributed by atoms with Gasteiger partial charge in [-0.25, -0.2) is 5.43 Å². The summed E-state index contributed by atoms with van der Waals surface area (Å²) in [5.41, 5.74) is 5.20. The fourth-order valence-electron chi connectivity index (χ4n) is 3.17. The molecule has 0 aromatic heterocycles. The summed E-state index contributed by atoms with van der Waals surface area (Å²) in [7, 11) is 0. The summed E-state index contributed by atoms with van der Waals surface area (Å²) in [6.45, 7) is -0.148. The predicted octanol–water partition coefficient (Wildman–Crippen LogP) is 6.22. The van der Waals surface area contributed by atoms with Gasteiger partial charge in [0.25, 0.3) is 5.91 Å². The Morgan fingerprint density at radius 2 is 1.56 bits per heavy atom. The average Bonchev–Trinajstić information content (AvgIpc) is 2.85. The summed E-state index contributed by atoms with van der Waals surface area (Å²) in [5.74, 6) is 0.265. The number of ether oxygens (including phenoxy) is 1. The van der Waals surface area contributed by atoms with Crippen molar-refractivity contribution in [3.05, 3.63) is 119 Å². The number of hydrogen-bond donors (Lipinski definition) is 1. The van der Waals surface area contributed by atoms with Crippen LogP contribution in [0, 0.1) is 0 Å². The molecule has 4 nitrogen and oxygen atoms in total. The molecule has 0 aliphatic rings. The van der Waals surface area contributed by atoms with Gasteiger partial charge in [0.15, 0.2) is 6.61 Å². The molecule has 4 rings (SSSR count).